The Morgan fingerprint density at radius 2 is 1.48 bits per heavy atom. The Balaban J connectivity index is 0.000000402. The zero-order chi connectivity index (χ0) is 29.9. The number of carbonyl (C=O) groups is 2. The van der Waals surface area contributed by atoms with Crippen LogP contribution >= 0.6 is 0 Å². The summed E-state index contributed by atoms with van der Waals surface area (Å²) in [5.74, 6) is 1.66. The highest BCUT2D eigenvalue weighted by Crippen LogP contribution is 2.26. The van der Waals surface area contributed by atoms with Gasteiger partial charge in [0, 0.05) is 12.2 Å². The van der Waals surface area contributed by atoms with Crippen LogP contribution in [0.5, 0.6) is 5.75 Å². The first-order chi connectivity index (χ1) is 19.1. The van der Waals surface area contributed by atoms with Gasteiger partial charge in [0.15, 0.2) is 0 Å². The lowest BCUT2D eigenvalue weighted by Gasteiger charge is -2.14. The van der Waals surface area contributed by atoms with Crippen molar-refractivity contribution in [1.29, 1.82) is 0 Å². The number of hydrogen-bond donors (Lipinski definition) is 0. The number of ether oxygens (including phenoxy) is 3. The Labute approximate surface area is 242 Å². The van der Waals surface area contributed by atoms with E-state index in [1.165, 1.54) is 36.1 Å². The van der Waals surface area contributed by atoms with Crippen LogP contribution in [0.25, 0.3) is 12.2 Å². The Hall–Kier alpha value is -3.34. The summed E-state index contributed by atoms with van der Waals surface area (Å²) in [5, 5.41) is 0. The van der Waals surface area contributed by atoms with Crippen LogP contribution in [0.1, 0.15) is 108 Å². The van der Waals surface area contributed by atoms with Gasteiger partial charge >= 0.3 is 11.9 Å². The van der Waals surface area contributed by atoms with Gasteiger partial charge in [-0.2, -0.15) is 0 Å². The van der Waals surface area contributed by atoms with Gasteiger partial charge in [0.2, 0.25) is 0 Å². The molecule has 40 heavy (non-hydrogen) atoms. The molecule has 0 aromatic heterocycles. The molecule has 0 fully saturated rings. The van der Waals surface area contributed by atoms with Crippen LogP contribution in [0.3, 0.4) is 0 Å². The lowest BCUT2D eigenvalue weighted by molar-refractivity contribution is -0.139. The van der Waals surface area contributed by atoms with Crippen LogP contribution in [-0.4, -0.2) is 32.3 Å². The molecule has 5 heteroatoms. The van der Waals surface area contributed by atoms with Gasteiger partial charge < -0.3 is 14.2 Å². The van der Waals surface area contributed by atoms with E-state index in [4.69, 9.17) is 14.2 Å². The van der Waals surface area contributed by atoms with Crippen molar-refractivity contribution in [3.05, 3.63) is 76.9 Å². The maximum atomic E-state index is 11.7. The molecule has 0 spiro atoms. The predicted molar refractivity (Wildman–Crippen MR) is 167 cm³/mol. The smallest absolute Gasteiger partial charge is 0.330 e. The SMILES string of the molecule is CCCCC(CC)COC(=O)C=Cc1ccc(OC)cc1.CCOC(=O)C=Cc1ccc(C(C)C)cc1C(C)C. The molecular formula is C35H50O5. The second-order valence-electron chi connectivity index (χ2n) is 10.4. The monoisotopic (exact) mass is 550 g/mol. The van der Waals surface area contributed by atoms with E-state index in [0.29, 0.717) is 31.0 Å². The molecule has 0 radical (unpaired) electrons. The molecule has 220 valence electrons. The minimum atomic E-state index is -0.287. The maximum absolute atomic E-state index is 11.7. The number of unbranched alkanes of at least 4 members (excludes halogenated alkanes) is 1. The Bertz CT molecular complexity index is 1060. The average molecular weight is 551 g/mol. The molecule has 0 saturated carbocycles. The molecular weight excluding hydrogens is 500 g/mol. The fraction of sp³-hybridized carbons (Fsp3) is 0.486. The van der Waals surface area contributed by atoms with Gasteiger partial charge in [-0.25, -0.2) is 9.59 Å². The van der Waals surface area contributed by atoms with Crippen molar-refractivity contribution in [3.63, 3.8) is 0 Å². The first kappa shape index (κ1) is 34.7. The number of hydrogen-bond acceptors (Lipinski definition) is 5. The highest BCUT2D eigenvalue weighted by Gasteiger charge is 2.09. The standard InChI is InChI=1S/C18H26O3.C17H24O2/c1-4-6-7-15(5-2)14-21-18(19)13-10-16-8-11-17(20-3)12-9-16;1-6-19-17(18)10-9-14-7-8-15(12(2)3)11-16(14)13(4)5/h8-13,15H,4-7,14H2,1-3H3;7-13H,6H2,1-5H3. The van der Waals surface area contributed by atoms with Crippen LogP contribution in [-0.2, 0) is 19.1 Å². The van der Waals surface area contributed by atoms with Gasteiger partial charge in [-0.05, 0) is 77.6 Å². The van der Waals surface area contributed by atoms with Gasteiger partial charge in [-0.3, -0.25) is 0 Å². The van der Waals surface area contributed by atoms with Crippen molar-refractivity contribution < 1.29 is 23.8 Å². The van der Waals surface area contributed by atoms with Gasteiger partial charge in [0.25, 0.3) is 0 Å². The lowest BCUT2D eigenvalue weighted by Crippen LogP contribution is -2.12. The summed E-state index contributed by atoms with van der Waals surface area (Å²) in [6.07, 6.45) is 11.1. The molecule has 5 nitrogen and oxygen atoms in total. The fourth-order valence-corrected chi connectivity index (χ4v) is 3.98. The van der Waals surface area contributed by atoms with Crippen molar-refractivity contribution in [2.75, 3.05) is 20.3 Å². The van der Waals surface area contributed by atoms with E-state index in [1.807, 2.05) is 37.3 Å². The Morgan fingerprint density at radius 1 is 0.825 bits per heavy atom. The van der Waals surface area contributed by atoms with Gasteiger partial charge in [-0.15, -0.1) is 0 Å². The molecule has 2 aromatic carbocycles. The number of methoxy groups -OCH3 is 1. The summed E-state index contributed by atoms with van der Waals surface area (Å²) in [4.78, 5) is 23.1. The predicted octanol–water partition coefficient (Wildman–Crippen LogP) is 8.98. The van der Waals surface area contributed by atoms with Crippen LogP contribution < -0.4 is 4.74 Å². The minimum Gasteiger partial charge on any atom is -0.497 e. The zero-order valence-corrected chi connectivity index (χ0v) is 25.9. The van der Waals surface area contributed by atoms with Crippen molar-refractivity contribution in [3.8, 4) is 5.75 Å². The van der Waals surface area contributed by atoms with Crippen LogP contribution in [0.4, 0.5) is 0 Å². The third kappa shape index (κ3) is 13.6. The third-order valence-corrected chi connectivity index (χ3v) is 6.62. The van der Waals surface area contributed by atoms with E-state index in [-0.39, 0.29) is 11.9 Å². The molecule has 0 aliphatic rings. The van der Waals surface area contributed by atoms with Crippen LogP contribution in [0.15, 0.2) is 54.6 Å². The molecule has 0 saturated heterocycles. The quantitative estimate of drug-likeness (QED) is 0.173. The number of esters is 2. The van der Waals surface area contributed by atoms with Crippen molar-refractivity contribution >= 4 is 24.1 Å². The Morgan fingerprint density at radius 3 is 2.02 bits per heavy atom. The van der Waals surface area contributed by atoms with Crippen LogP contribution in [0.2, 0.25) is 0 Å². The molecule has 0 aliphatic heterocycles. The van der Waals surface area contributed by atoms with E-state index in [2.05, 4.69) is 59.7 Å². The normalized spacial score (nSPS) is 11.9. The molecule has 0 bridgehead atoms. The van der Waals surface area contributed by atoms with Gasteiger partial charge in [-0.1, -0.05) is 91.1 Å². The van der Waals surface area contributed by atoms with E-state index < -0.39 is 0 Å². The van der Waals surface area contributed by atoms with E-state index in [0.717, 1.165) is 29.7 Å². The summed E-state index contributed by atoms with van der Waals surface area (Å²) in [7, 11) is 1.63. The van der Waals surface area contributed by atoms with E-state index >= 15 is 0 Å². The van der Waals surface area contributed by atoms with Crippen LogP contribution in [0, 0.1) is 5.92 Å². The summed E-state index contributed by atoms with van der Waals surface area (Å²) in [5.41, 5.74) is 4.64. The molecule has 0 N–H and O–H groups in total. The third-order valence-electron chi connectivity index (χ3n) is 6.62. The molecule has 0 aliphatic carbocycles. The minimum absolute atomic E-state index is 0.277. The largest absolute Gasteiger partial charge is 0.497 e. The first-order valence-corrected chi connectivity index (χ1v) is 14.6. The summed E-state index contributed by atoms with van der Waals surface area (Å²) in [6, 6.07) is 14.0. The highest BCUT2D eigenvalue weighted by atomic mass is 16.5. The number of rotatable bonds is 14. The fourth-order valence-electron chi connectivity index (χ4n) is 3.98. The molecule has 1 atom stereocenters. The van der Waals surface area contributed by atoms with E-state index in [9.17, 15) is 9.59 Å². The summed E-state index contributed by atoms with van der Waals surface area (Å²) >= 11 is 0. The topological polar surface area (TPSA) is 61.8 Å². The molecule has 2 aromatic rings. The highest BCUT2D eigenvalue weighted by molar-refractivity contribution is 5.87. The first-order valence-electron chi connectivity index (χ1n) is 14.6. The van der Waals surface area contributed by atoms with Gasteiger partial charge in [0.1, 0.15) is 5.75 Å². The maximum Gasteiger partial charge on any atom is 0.330 e. The number of carbonyl (C=O) groups excluding carboxylic acids is 2. The molecule has 0 heterocycles. The molecule has 0 amide bonds. The molecule has 2 rings (SSSR count). The Kier molecular flexibility index (Phi) is 17.1. The molecule has 1 unspecified atom stereocenters. The number of benzene rings is 2. The zero-order valence-electron chi connectivity index (χ0n) is 25.9. The second kappa shape index (κ2) is 19.7. The van der Waals surface area contributed by atoms with Crippen molar-refractivity contribution in [2.45, 2.75) is 86.0 Å². The van der Waals surface area contributed by atoms with Crippen molar-refractivity contribution in [2.24, 2.45) is 5.92 Å². The summed E-state index contributed by atoms with van der Waals surface area (Å²) in [6.45, 7) is 15.8. The summed E-state index contributed by atoms with van der Waals surface area (Å²) < 4.78 is 15.3. The average Bonchev–Trinajstić information content (AvgIpc) is 2.95. The second-order valence-corrected chi connectivity index (χ2v) is 10.4. The van der Waals surface area contributed by atoms with E-state index in [1.54, 1.807) is 13.2 Å². The van der Waals surface area contributed by atoms with Crippen molar-refractivity contribution in [1.82, 2.24) is 0 Å². The van der Waals surface area contributed by atoms with Gasteiger partial charge in [0.05, 0.1) is 20.3 Å². The lowest BCUT2D eigenvalue weighted by atomic mass is 9.91.